The number of nitrogens with zero attached hydrogens (tertiary/aromatic N) is 1. The highest BCUT2D eigenvalue weighted by Crippen LogP contribution is 2.22. The molecule has 0 aliphatic carbocycles. The molecule has 0 saturated heterocycles. The van der Waals surface area contributed by atoms with Crippen LogP contribution in [0.25, 0.3) is 0 Å². The molecule has 0 bridgehead atoms. The number of carbonyl (C=O) groups is 2. The van der Waals surface area contributed by atoms with Gasteiger partial charge < -0.3 is 10.2 Å². The normalized spacial score (nSPS) is 11.6. The fourth-order valence-electron chi connectivity index (χ4n) is 3.60. The summed E-state index contributed by atoms with van der Waals surface area (Å²) < 4.78 is 14.0. The molecule has 7 heteroatoms. The molecule has 0 saturated carbocycles. The quantitative estimate of drug-likeness (QED) is 0.380. The molecule has 0 radical (unpaired) electrons. The van der Waals surface area contributed by atoms with Crippen LogP contribution < -0.4 is 5.32 Å². The van der Waals surface area contributed by atoms with E-state index in [2.05, 4.69) is 5.32 Å². The maximum Gasteiger partial charge on any atom is 0.243 e. The predicted octanol–water partition coefficient (Wildman–Crippen LogP) is 5.49. The molecule has 0 aromatic heterocycles. The Kier molecular flexibility index (Phi) is 9.98. The largest absolute Gasteiger partial charge is 0.355 e. The van der Waals surface area contributed by atoms with Crippen LogP contribution in [0.1, 0.15) is 23.6 Å². The van der Waals surface area contributed by atoms with Crippen molar-refractivity contribution in [2.75, 3.05) is 12.3 Å². The van der Waals surface area contributed by atoms with Gasteiger partial charge in [-0.2, -0.15) is 0 Å². The molecule has 0 fully saturated rings. The Morgan fingerprint density at radius 3 is 2.29 bits per heavy atom. The Bertz CT molecular complexity index is 1100. The zero-order valence-electron chi connectivity index (χ0n) is 19.0. The number of rotatable bonds is 11. The van der Waals surface area contributed by atoms with Crippen LogP contribution in [0.5, 0.6) is 0 Å². The highest BCUT2D eigenvalue weighted by molar-refractivity contribution is 7.99. The molecule has 0 aliphatic rings. The van der Waals surface area contributed by atoms with Gasteiger partial charge in [0.2, 0.25) is 11.8 Å². The fraction of sp³-hybridized carbons (Fsp3) is 0.259. The Morgan fingerprint density at radius 1 is 0.971 bits per heavy atom. The van der Waals surface area contributed by atoms with E-state index >= 15 is 0 Å². The van der Waals surface area contributed by atoms with Crippen LogP contribution in [-0.4, -0.2) is 35.1 Å². The maximum atomic E-state index is 14.0. The van der Waals surface area contributed by atoms with Crippen LogP contribution in [0.2, 0.25) is 5.02 Å². The van der Waals surface area contributed by atoms with Crippen LogP contribution >= 0.6 is 23.4 Å². The van der Waals surface area contributed by atoms with Crippen molar-refractivity contribution in [3.05, 3.63) is 106 Å². The van der Waals surface area contributed by atoms with Gasteiger partial charge in [0.1, 0.15) is 11.9 Å². The van der Waals surface area contributed by atoms with Gasteiger partial charge in [-0.25, -0.2) is 4.39 Å². The third-order valence-electron chi connectivity index (χ3n) is 5.36. The van der Waals surface area contributed by atoms with Crippen LogP contribution in [0.3, 0.4) is 0 Å². The SMILES string of the molecule is CCNC(=O)C(Cc1ccccc1)N(Cc1ccccc1Cl)C(=O)CSCc1ccccc1F. The molecule has 3 aromatic rings. The summed E-state index contributed by atoms with van der Waals surface area (Å²) in [6, 6.07) is 22.7. The number of hydrogen-bond donors (Lipinski definition) is 1. The number of nitrogens with one attached hydrogen (secondary N) is 1. The summed E-state index contributed by atoms with van der Waals surface area (Å²) in [4.78, 5) is 28.2. The monoisotopic (exact) mass is 498 g/mol. The topological polar surface area (TPSA) is 49.4 Å². The van der Waals surface area contributed by atoms with Gasteiger partial charge >= 0.3 is 0 Å². The Hall–Kier alpha value is -2.83. The molecule has 3 rings (SSSR count). The summed E-state index contributed by atoms with van der Waals surface area (Å²) in [7, 11) is 0. The summed E-state index contributed by atoms with van der Waals surface area (Å²) >= 11 is 7.72. The summed E-state index contributed by atoms with van der Waals surface area (Å²) in [5, 5.41) is 3.40. The van der Waals surface area contributed by atoms with Crippen LogP contribution in [0, 0.1) is 5.82 Å². The number of halogens is 2. The van der Waals surface area contributed by atoms with Crippen molar-refractivity contribution in [1.29, 1.82) is 0 Å². The standard InChI is InChI=1S/C27H28ClFN2O2S/c1-2-30-27(33)25(16-20-10-4-3-5-11-20)31(17-21-12-6-8-14-23(21)28)26(32)19-34-18-22-13-7-9-15-24(22)29/h3-15,25H,2,16-19H2,1H3,(H,30,33). The highest BCUT2D eigenvalue weighted by atomic mass is 35.5. The van der Waals surface area contributed by atoms with Crippen molar-refractivity contribution in [1.82, 2.24) is 10.2 Å². The smallest absolute Gasteiger partial charge is 0.243 e. The molecule has 1 atom stereocenters. The Labute approximate surface area is 209 Å². The van der Waals surface area contributed by atoms with Gasteiger partial charge in [-0.05, 0) is 35.7 Å². The molecule has 0 heterocycles. The molecule has 1 unspecified atom stereocenters. The lowest BCUT2D eigenvalue weighted by Gasteiger charge is -2.31. The molecule has 0 aliphatic heterocycles. The van der Waals surface area contributed by atoms with E-state index < -0.39 is 6.04 Å². The first-order chi connectivity index (χ1) is 16.5. The van der Waals surface area contributed by atoms with Crippen LogP contribution in [-0.2, 0) is 28.3 Å². The molecular weight excluding hydrogens is 471 g/mol. The summed E-state index contributed by atoms with van der Waals surface area (Å²) in [5.74, 6) is -0.231. The van der Waals surface area contributed by atoms with Crippen LogP contribution in [0.4, 0.5) is 4.39 Å². The summed E-state index contributed by atoms with van der Waals surface area (Å²) in [6.45, 7) is 2.51. The summed E-state index contributed by atoms with van der Waals surface area (Å²) in [5.41, 5.74) is 2.26. The molecule has 178 valence electrons. The molecular formula is C27H28ClFN2O2S. The minimum Gasteiger partial charge on any atom is -0.355 e. The Morgan fingerprint density at radius 2 is 1.62 bits per heavy atom. The van der Waals surface area contributed by atoms with Gasteiger partial charge in [0.25, 0.3) is 0 Å². The van der Waals surface area contributed by atoms with E-state index in [0.717, 1.165) is 11.1 Å². The van der Waals surface area contributed by atoms with Crippen molar-refractivity contribution in [2.45, 2.75) is 31.7 Å². The third kappa shape index (κ3) is 7.34. The first kappa shape index (κ1) is 25.8. The molecule has 34 heavy (non-hydrogen) atoms. The lowest BCUT2D eigenvalue weighted by Crippen LogP contribution is -2.51. The van der Waals surface area contributed by atoms with Gasteiger partial charge in [-0.1, -0.05) is 78.3 Å². The van der Waals surface area contributed by atoms with Crippen molar-refractivity contribution < 1.29 is 14.0 Å². The third-order valence-corrected chi connectivity index (χ3v) is 6.70. The average molecular weight is 499 g/mol. The maximum absolute atomic E-state index is 14.0. The van der Waals surface area contributed by atoms with Gasteiger partial charge in [-0.3, -0.25) is 9.59 Å². The van der Waals surface area contributed by atoms with Gasteiger partial charge in [0.05, 0.1) is 5.75 Å². The van der Waals surface area contributed by atoms with E-state index in [4.69, 9.17) is 11.6 Å². The second-order valence-corrected chi connectivity index (χ2v) is 9.19. The van der Waals surface area contributed by atoms with Crippen molar-refractivity contribution in [3.63, 3.8) is 0 Å². The minimum absolute atomic E-state index is 0.115. The number of benzene rings is 3. The minimum atomic E-state index is -0.708. The van der Waals surface area contributed by atoms with E-state index in [9.17, 15) is 14.0 Å². The van der Waals surface area contributed by atoms with Crippen LogP contribution in [0.15, 0.2) is 78.9 Å². The summed E-state index contributed by atoms with van der Waals surface area (Å²) in [6.07, 6.45) is 0.376. The second kappa shape index (κ2) is 13.2. The lowest BCUT2D eigenvalue weighted by molar-refractivity contribution is -0.139. The molecule has 4 nitrogen and oxygen atoms in total. The Balaban J connectivity index is 1.84. The van der Waals surface area contributed by atoms with Crippen molar-refractivity contribution in [2.24, 2.45) is 0 Å². The van der Waals surface area contributed by atoms with Crippen molar-refractivity contribution in [3.8, 4) is 0 Å². The number of likely N-dealkylation sites (N-methyl/N-ethyl adjacent to an activating group) is 1. The fourth-order valence-corrected chi connectivity index (χ4v) is 4.69. The van der Waals surface area contributed by atoms with E-state index in [-0.39, 0.29) is 29.9 Å². The zero-order chi connectivity index (χ0) is 24.3. The predicted molar refractivity (Wildman–Crippen MR) is 137 cm³/mol. The zero-order valence-corrected chi connectivity index (χ0v) is 20.6. The van der Waals surface area contributed by atoms with E-state index in [1.807, 2.05) is 55.5 Å². The second-order valence-electron chi connectivity index (χ2n) is 7.80. The molecule has 0 spiro atoms. The highest BCUT2D eigenvalue weighted by Gasteiger charge is 2.30. The van der Waals surface area contributed by atoms with Gasteiger partial charge in [0.15, 0.2) is 0 Å². The first-order valence-corrected chi connectivity index (χ1v) is 12.7. The number of carbonyl (C=O) groups excluding carboxylic acids is 2. The number of hydrogen-bond acceptors (Lipinski definition) is 3. The first-order valence-electron chi connectivity index (χ1n) is 11.1. The average Bonchev–Trinajstić information content (AvgIpc) is 2.84. The van der Waals surface area contributed by atoms with E-state index in [0.29, 0.717) is 29.3 Å². The van der Waals surface area contributed by atoms with E-state index in [1.165, 1.54) is 17.8 Å². The number of thioether (sulfide) groups is 1. The van der Waals surface area contributed by atoms with E-state index in [1.54, 1.807) is 29.2 Å². The molecule has 1 N–H and O–H groups in total. The lowest BCUT2D eigenvalue weighted by atomic mass is 10.0. The van der Waals surface area contributed by atoms with Gasteiger partial charge in [-0.15, -0.1) is 11.8 Å². The molecule has 2 amide bonds. The van der Waals surface area contributed by atoms with Gasteiger partial charge in [0, 0.05) is 30.3 Å². The molecule has 3 aromatic carbocycles. The number of amides is 2. The van der Waals surface area contributed by atoms with Crippen molar-refractivity contribution >= 4 is 35.2 Å².